The van der Waals surface area contributed by atoms with Crippen molar-refractivity contribution in [2.45, 2.75) is 65.0 Å². The molecule has 3 aromatic rings. The molecule has 0 saturated heterocycles. The molecule has 1 heterocycles. The Balaban J connectivity index is 1.68. The molecule has 0 radical (unpaired) electrons. The Kier molecular flexibility index (Phi) is 7.68. The lowest BCUT2D eigenvalue weighted by atomic mass is 9.81. The maximum atomic E-state index is 14.1. The number of hydrogen-bond donors (Lipinski definition) is 1. The molecule has 1 aromatic heterocycles. The number of ether oxygens (including phenoxy) is 1. The van der Waals surface area contributed by atoms with Crippen molar-refractivity contribution in [1.29, 1.82) is 0 Å². The number of carbonyl (C=O) groups is 1. The van der Waals surface area contributed by atoms with Gasteiger partial charge in [0.1, 0.15) is 12.4 Å². The second kappa shape index (κ2) is 10.9. The predicted molar refractivity (Wildman–Crippen MR) is 134 cm³/mol. The smallest absolute Gasteiger partial charge is 0.234 e. The number of fused-ring (bicyclic) bond motifs is 1. The van der Waals surface area contributed by atoms with Crippen LogP contribution in [0.4, 0.5) is 5.69 Å². The van der Waals surface area contributed by atoms with Gasteiger partial charge in [0.05, 0.1) is 25.3 Å². The van der Waals surface area contributed by atoms with Crippen molar-refractivity contribution in [3.8, 4) is 5.75 Å². The number of carbonyl (C=O) groups excluding carboxylic acids is 1. The van der Waals surface area contributed by atoms with Crippen molar-refractivity contribution in [2.24, 2.45) is 0 Å². The molecule has 0 fully saturated rings. The summed E-state index contributed by atoms with van der Waals surface area (Å²) < 4.78 is 7.54. The summed E-state index contributed by atoms with van der Waals surface area (Å²) in [5.41, 5.74) is 5.41. The second-order valence-electron chi connectivity index (χ2n) is 9.25. The largest absolute Gasteiger partial charge is 0.491 e. The Labute approximate surface area is 202 Å². The monoisotopic (exact) mass is 461 g/mol. The third-order valence-corrected chi connectivity index (χ3v) is 6.58. The van der Waals surface area contributed by atoms with E-state index in [1.807, 2.05) is 34.1 Å². The van der Waals surface area contributed by atoms with E-state index in [0.29, 0.717) is 18.2 Å². The highest BCUT2D eigenvalue weighted by Gasteiger charge is 2.31. The van der Waals surface area contributed by atoms with E-state index in [1.165, 1.54) is 11.1 Å². The van der Waals surface area contributed by atoms with Crippen LogP contribution in [0.15, 0.2) is 54.9 Å². The summed E-state index contributed by atoms with van der Waals surface area (Å²) in [4.78, 5) is 16.0. The van der Waals surface area contributed by atoms with Gasteiger partial charge in [-0.1, -0.05) is 32.0 Å². The zero-order valence-electron chi connectivity index (χ0n) is 20.4. The molecule has 180 valence electrons. The van der Waals surface area contributed by atoms with Crippen LogP contribution in [0.5, 0.6) is 5.75 Å². The standard InChI is InChI=1S/C28H35N3O3/c1-4-30-18-21(17-29-30)19-31(24-11-8-22(9-12-24)20(2)3)28(33)26-7-5-6-23-10-13-25(16-27(23)26)34-15-14-32/h8-13,16-18,20,26,32H,4-7,14-15,19H2,1-3H3. The molecule has 1 N–H and O–H groups in total. The number of anilines is 1. The molecule has 0 bridgehead atoms. The molecule has 6 heteroatoms. The summed E-state index contributed by atoms with van der Waals surface area (Å²) in [5.74, 6) is 1.00. The Hall–Kier alpha value is -3.12. The molecule has 1 amide bonds. The van der Waals surface area contributed by atoms with Crippen molar-refractivity contribution in [1.82, 2.24) is 9.78 Å². The number of benzene rings is 2. The molecule has 34 heavy (non-hydrogen) atoms. The van der Waals surface area contributed by atoms with E-state index in [1.54, 1.807) is 0 Å². The van der Waals surface area contributed by atoms with Gasteiger partial charge in [-0.3, -0.25) is 9.48 Å². The van der Waals surface area contributed by atoms with Crippen LogP contribution in [0.1, 0.15) is 67.7 Å². The molecule has 0 saturated carbocycles. The minimum Gasteiger partial charge on any atom is -0.491 e. The molecular weight excluding hydrogens is 426 g/mol. The number of amides is 1. The van der Waals surface area contributed by atoms with Gasteiger partial charge < -0.3 is 14.7 Å². The molecule has 0 spiro atoms. The Morgan fingerprint density at radius 1 is 1.24 bits per heavy atom. The van der Waals surface area contributed by atoms with E-state index in [-0.39, 0.29) is 25.0 Å². The zero-order valence-corrected chi connectivity index (χ0v) is 20.4. The highest BCUT2D eigenvalue weighted by molar-refractivity contribution is 5.98. The van der Waals surface area contributed by atoms with Gasteiger partial charge in [0, 0.05) is 24.0 Å². The summed E-state index contributed by atoms with van der Waals surface area (Å²) in [5, 5.41) is 13.5. The Bertz CT molecular complexity index is 1100. The van der Waals surface area contributed by atoms with Crippen LogP contribution in [-0.2, 0) is 24.3 Å². The van der Waals surface area contributed by atoms with E-state index < -0.39 is 0 Å². The topological polar surface area (TPSA) is 67.6 Å². The van der Waals surface area contributed by atoms with Crippen molar-refractivity contribution >= 4 is 11.6 Å². The van der Waals surface area contributed by atoms with Crippen molar-refractivity contribution in [3.05, 3.63) is 77.1 Å². The SMILES string of the molecule is CCn1cc(CN(C(=O)C2CCCc3ccc(OCCO)cc32)c2ccc(C(C)C)cc2)cn1. The predicted octanol–water partition coefficient (Wildman–Crippen LogP) is 5.05. The summed E-state index contributed by atoms with van der Waals surface area (Å²) in [6.07, 6.45) is 6.62. The molecule has 1 unspecified atom stereocenters. The van der Waals surface area contributed by atoms with E-state index in [4.69, 9.17) is 9.84 Å². The lowest BCUT2D eigenvalue weighted by molar-refractivity contribution is -0.120. The van der Waals surface area contributed by atoms with Gasteiger partial charge in [-0.25, -0.2) is 0 Å². The first-order valence-electron chi connectivity index (χ1n) is 12.3. The minimum atomic E-state index is -0.229. The molecule has 1 atom stereocenters. The molecule has 1 aliphatic carbocycles. The van der Waals surface area contributed by atoms with Gasteiger partial charge in [-0.05, 0) is 73.1 Å². The van der Waals surface area contributed by atoms with Crippen LogP contribution in [0, 0.1) is 0 Å². The van der Waals surface area contributed by atoms with Gasteiger partial charge in [0.25, 0.3) is 0 Å². The van der Waals surface area contributed by atoms with Crippen molar-refractivity contribution < 1.29 is 14.6 Å². The average molecular weight is 462 g/mol. The number of aliphatic hydroxyl groups excluding tert-OH is 1. The lowest BCUT2D eigenvalue weighted by Gasteiger charge is -2.31. The normalized spacial score (nSPS) is 15.3. The number of hydrogen-bond acceptors (Lipinski definition) is 4. The fourth-order valence-electron chi connectivity index (χ4n) is 4.65. The van der Waals surface area contributed by atoms with Gasteiger partial charge >= 0.3 is 0 Å². The quantitative estimate of drug-likeness (QED) is 0.484. The first-order chi connectivity index (χ1) is 16.5. The number of nitrogens with zero attached hydrogens (tertiary/aromatic N) is 3. The summed E-state index contributed by atoms with van der Waals surface area (Å²) in [6.45, 7) is 7.88. The fraction of sp³-hybridized carbons (Fsp3) is 0.429. The highest BCUT2D eigenvalue weighted by Crippen LogP contribution is 2.37. The van der Waals surface area contributed by atoms with Gasteiger partial charge in [0.2, 0.25) is 5.91 Å². The number of aromatic nitrogens is 2. The maximum absolute atomic E-state index is 14.1. The van der Waals surface area contributed by atoms with Crippen LogP contribution in [0.25, 0.3) is 0 Å². The van der Waals surface area contributed by atoms with Crippen LogP contribution in [0.2, 0.25) is 0 Å². The average Bonchev–Trinajstić information content (AvgIpc) is 3.33. The van der Waals surface area contributed by atoms with Crippen LogP contribution < -0.4 is 9.64 Å². The first kappa shape index (κ1) is 24.0. The van der Waals surface area contributed by atoms with Gasteiger partial charge in [-0.15, -0.1) is 0 Å². The Morgan fingerprint density at radius 3 is 2.71 bits per heavy atom. The molecule has 2 aromatic carbocycles. The van der Waals surface area contributed by atoms with E-state index in [2.05, 4.69) is 56.2 Å². The third kappa shape index (κ3) is 5.33. The summed E-state index contributed by atoms with van der Waals surface area (Å²) >= 11 is 0. The number of rotatable bonds is 9. The lowest BCUT2D eigenvalue weighted by Crippen LogP contribution is -2.36. The first-order valence-corrected chi connectivity index (χ1v) is 12.3. The Morgan fingerprint density at radius 2 is 2.03 bits per heavy atom. The minimum absolute atomic E-state index is 0.0367. The maximum Gasteiger partial charge on any atom is 0.234 e. The van der Waals surface area contributed by atoms with Crippen molar-refractivity contribution in [3.63, 3.8) is 0 Å². The third-order valence-electron chi connectivity index (χ3n) is 6.58. The van der Waals surface area contributed by atoms with E-state index in [9.17, 15) is 4.79 Å². The highest BCUT2D eigenvalue weighted by atomic mass is 16.5. The van der Waals surface area contributed by atoms with Crippen LogP contribution in [0.3, 0.4) is 0 Å². The molecular formula is C28H35N3O3. The number of aliphatic hydroxyl groups is 1. The zero-order chi connectivity index (χ0) is 24.1. The van der Waals surface area contributed by atoms with Crippen molar-refractivity contribution in [2.75, 3.05) is 18.1 Å². The van der Waals surface area contributed by atoms with E-state index >= 15 is 0 Å². The molecule has 1 aliphatic rings. The molecule has 0 aliphatic heterocycles. The summed E-state index contributed by atoms with van der Waals surface area (Å²) in [7, 11) is 0. The second-order valence-corrected chi connectivity index (χ2v) is 9.25. The van der Waals surface area contributed by atoms with Gasteiger partial charge in [0.15, 0.2) is 0 Å². The summed E-state index contributed by atoms with van der Waals surface area (Å²) in [6, 6.07) is 14.3. The number of aryl methyl sites for hydroxylation is 2. The van der Waals surface area contributed by atoms with E-state index in [0.717, 1.165) is 42.6 Å². The van der Waals surface area contributed by atoms with Crippen LogP contribution >= 0.6 is 0 Å². The van der Waals surface area contributed by atoms with Crippen LogP contribution in [-0.4, -0.2) is 34.0 Å². The molecule has 4 rings (SSSR count). The fourth-order valence-corrected chi connectivity index (χ4v) is 4.65. The van der Waals surface area contributed by atoms with Gasteiger partial charge in [-0.2, -0.15) is 5.10 Å². The molecule has 6 nitrogen and oxygen atoms in total.